The topological polar surface area (TPSA) is 101 Å². The van der Waals surface area contributed by atoms with Crippen molar-refractivity contribution in [1.82, 2.24) is 15.0 Å². The van der Waals surface area contributed by atoms with Crippen LogP contribution in [0.25, 0.3) is 22.4 Å². The molecule has 2 N–H and O–H groups in total. The molecule has 0 spiro atoms. The van der Waals surface area contributed by atoms with Crippen LogP contribution < -0.4 is 9.64 Å². The number of aryl methyl sites for hydroxylation is 1. The summed E-state index contributed by atoms with van der Waals surface area (Å²) in [6.07, 6.45) is 0. The Bertz CT molecular complexity index is 1300. The van der Waals surface area contributed by atoms with Crippen molar-refractivity contribution in [2.45, 2.75) is 6.92 Å². The maximum atomic E-state index is 11.4. The molecule has 0 aliphatic rings. The number of anilines is 1. The van der Waals surface area contributed by atoms with Crippen molar-refractivity contribution in [3.63, 3.8) is 0 Å². The van der Waals surface area contributed by atoms with Gasteiger partial charge in [-0.3, -0.25) is 0 Å². The van der Waals surface area contributed by atoms with Crippen LogP contribution in [0.1, 0.15) is 15.9 Å². The van der Waals surface area contributed by atoms with E-state index in [4.69, 9.17) is 21.1 Å². The number of H-pyrrole nitrogens is 1. The Kier molecular flexibility index (Phi) is 6.48. The van der Waals surface area contributed by atoms with Crippen LogP contribution in [0.15, 0.2) is 48.5 Å². The van der Waals surface area contributed by atoms with Gasteiger partial charge >= 0.3 is 12.0 Å². The molecule has 0 atom stereocenters. The zero-order valence-corrected chi connectivity index (χ0v) is 19.2. The van der Waals surface area contributed by atoms with Crippen LogP contribution in [0.2, 0.25) is 5.02 Å². The van der Waals surface area contributed by atoms with Crippen molar-refractivity contribution in [3.8, 4) is 23.0 Å². The van der Waals surface area contributed by atoms with E-state index in [9.17, 15) is 9.90 Å². The Morgan fingerprint density at radius 2 is 1.91 bits per heavy atom. The molecule has 0 radical (unpaired) electrons. The molecular formula is C24H23ClN4O4. The largest absolute Gasteiger partial charge is 0.478 e. The summed E-state index contributed by atoms with van der Waals surface area (Å²) >= 11 is 6.51. The van der Waals surface area contributed by atoms with Crippen molar-refractivity contribution >= 4 is 34.4 Å². The van der Waals surface area contributed by atoms with Crippen LogP contribution in [0.5, 0.6) is 11.8 Å². The summed E-state index contributed by atoms with van der Waals surface area (Å²) in [5.41, 5.74) is 4.40. The summed E-state index contributed by atoms with van der Waals surface area (Å²) in [6.45, 7) is 3.16. The number of ether oxygens (including phenoxy) is 2. The number of carboxylic acids is 1. The molecule has 33 heavy (non-hydrogen) atoms. The van der Waals surface area contributed by atoms with E-state index in [1.165, 1.54) is 6.07 Å². The second kappa shape index (κ2) is 9.48. The second-order valence-corrected chi connectivity index (χ2v) is 7.98. The van der Waals surface area contributed by atoms with Gasteiger partial charge < -0.3 is 24.5 Å². The number of likely N-dealkylation sites (N-methyl/N-ethyl adjacent to an activating group) is 1. The predicted molar refractivity (Wildman–Crippen MR) is 128 cm³/mol. The standard InChI is InChI=1S/C24H23ClN4O4/c1-14-4-9-17(12-18(14)23(30)31)33-24-26-20-13-19(25)21(27-22(20)28-24)15-5-7-16(8-6-15)29(2)10-11-32-3/h4-9,12-13H,10-11H2,1-3H3,(H,30,31)(H,26,27,28). The van der Waals surface area contributed by atoms with E-state index in [2.05, 4.69) is 19.9 Å². The number of fused-ring (bicyclic) bond motifs is 1. The predicted octanol–water partition coefficient (Wildman–Crippen LogP) is 5.16. The number of imidazole rings is 1. The molecule has 2 aromatic heterocycles. The number of halogens is 1. The maximum absolute atomic E-state index is 11.4. The molecule has 0 unspecified atom stereocenters. The highest BCUT2D eigenvalue weighted by atomic mass is 35.5. The summed E-state index contributed by atoms with van der Waals surface area (Å²) in [6, 6.07) is 14.7. The molecular weight excluding hydrogens is 444 g/mol. The van der Waals surface area contributed by atoms with Gasteiger partial charge in [-0.25, -0.2) is 9.78 Å². The molecule has 0 aliphatic carbocycles. The molecule has 0 saturated heterocycles. The number of nitrogens with one attached hydrogen (secondary N) is 1. The molecule has 2 aromatic carbocycles. The first-order chi connectivity index (χ1) is 15.9. The highest BCUT2D eigenvalue weighted by Gasteiger charge is 2.14. The van der Waals surface area contributed by atoms with Crippen molar-refractivity contribution < 1.29 is 19.4 Å². The van der Waals surface area contributed by atoms with Gasteiger partial charge in [-0.1, -0.05) is 29.8 Å². The minimum absolute atomic E-state index is 0.170. The number of aromatic nitrogens is 3. The SMILES string of the molecule is COCCN(C)c1ccc(-c2nc3nc(Oc4ccc(C)c(C(=O)O)c4)[nH]c3cc2Cl)cc1. The third-order valence-corrected chi connectivity index (χ3v) is 5.56. The summed E-state index contributed by atoms with van der Waals surface area (Å²) < 4.78 is 10.9. The first kappa shape index (κ1) is 22.6. The van der Waals surface area contributed by atoms with Gasteiger partial charge in [0.1, 0.15) is 5.75 Å². The normalized spacial score (nSPS) is 11.0. The molecule has 0 aliphatic heterocycles. The Morgan fingerprint density at radius 1 is 1.15 bits per heavy atom. The Balaban J connectivity index is 1.59. The number of nitrogens with zero attached hydrogens (tertiary/aromatic N) is 3. The average Bonchev–Trinajstić information content (AvgIpc) is 3.19. The zero-order valence-electron chi connectivity index (χ0n) is 18.4. The maximum Gasteiger partial charge on any atom is 0.336 e. The second-order valence-electron chi connectivity index (χ2n) is 7.58. The minimum Gasteiger partial charge on any atom is -0.478 e. The van der Waals surface area contributed by atoms with Crippen molar-refractivity contribution in [2.75, 3.05) is 32.2 Å². The lowest BCUT2D eigenvalue weighted by Crippen LogP contribution is -2.21. The summed E-state index contributed by atoms with van der Waals surface area (Å²) in [7, 11) is 3.68. The number of aromatic carboxylic acids is 1. The first-order valence-electron chi connectivity index (χ1n) is 10.2. The van der Waals surface area contributed by atoms with Crippen molar-refractivity contribution in [3.05, 3.63) is 64.7 Å². The first-order valence-corrected chi connectivity index (χ1v) is 10.6. The number of benzene rings is 2. The fourth-order valence-corrected chi connectivity index (χ4v) is 3.64. The summed E-state index contributed by atoms with van der Waals surface area (Å²) in [4.78, 5) is 25.5. The Labute approximate surface area is 195 Å². The number of methoxy groups -OCH3 is 1. The van der Waals surface area contributed by atoms with E-state index in [0.29, 0.717) is 39.8 Å². The summed E-state index contributed by atoms with van der Waals surface area (Å²) in [5.74, 6) is -0.659. The van der Waals surface area contributed by atoms with Crippen LogP contribution in [-0.4, -0.2) is 53.3 Å². The quantitative estimate of drug-likeness (QED) is 0.370. The number of carbonyl (C=O) groups is 1. The van der Waals surface area contributed by atoms with Gasteiger partial charge in [-0.15, -0.1) is 0 Å². The van der Waals surface area contributed by atoms with E-state index in [-0.39, 0.29) is 11.6 Å². The molecule has 4 aromatic rings. The molecule has 2 heterocycles. The average molecular weight is 467 g/mol. The van der Waals surface area contributed by atoms with Gasteiger partial charge in [-0.05, 0) is 42.8 Å². The smallest absolute Gasteiger partial charge is 0.336 e. The number of aromatic amines is 1. The molecule has 0 saturated carbocycles. The lowest BCUT2D eigenvalue weighted by molar-refractivity contribution is 0.0695. The van der Waals surface area contributed by atoms with E-state index in [1.54, 1.807) is 32.2 Å². The van der Waals surface area contributed by atoms with Gasteiger partial charge in [0.05, 0.1) is 28.4 Å². The number of hydrogen-bond acceptors (Lipinski definition) is 6. The fraction of sp³-hybridized carbons (Fsp3) is 0.208. The third kappa shape index (κ3) is 4.92. The van der Waals surface area contributed by atoms with E-state index in [0.717, 1.165) is 17.8 Å². The van der Waals surface area contributed by atoms with E-state index in [1.807, 2.05) is 31.3 Å². The van der Waals surface area contributed by atoms with E-state index >= 15 is 0 Å². The van der Waals surface area contributed by atoms with Gasteiger partial charge in [0.25, 0.3) is 0 Å². The van der Waals surface area contributed by atoms with Crippen LogP contribution in [0.3, 0.4) is 0 Å². The number of rotatable bonds is 8. The van der Waals surface area contributed by atoms with Crippen LogP contribution in [0, 0.1) is 6.92 Å². The van der Waals surface area contributed by atoms with Crippen LogP contribution >= 0.6 is 11.6 Å². The highest BCUT2D eigenvalue weighted by molar-refractivity contribution is 6.33. The van der Waals surface area contributed by atoms with Crippen LogP contribution in [-0.2, 0) is 4.74 Å². The molecule has 8 nitrogen and oxygen atoms in total. The molecule has 0 amide bonds. The lowest BCUT2D eigenvalue weighted by Gasteiger charge is -2.19. The Hall–Kier alpha value is -3.62. The molecule has 4 rings (SSSR count). The Morgan fingerprint density at radius 3 is 2.61 bits per heavy atom. The molecule has 0 bridgehead atoms. The van der Waals surface area contributed by atoms with E-state index < -0.39 is 5.97 Å². The third-order valence-electron chi connectivity index (χ3n) is 5.27. The molecule has 0 fully saturated rings. The minimum atomic E-state index is -1.02. The van der Waals surface area contributed by atoms with Crippen molar-refractivity contribution in [2.24, 2.45) is 0 Å². The fourth-order valence-electron chi connectivity index (χ4n) is 3.38. The van der Waals surface area contributed by atoms with Gasteiger partial charge in [-0.2, -0.15) is 4.98 Å². The lowest BCUT2D eigenvalue weighted by atomic mass is 10.1. The van der Waals surface area contributed by atoms with Crippen LogP contribution in [0.4, 0.5) is 5.69 Å². The van der Waals surface area contributed by atoms with Crippen molar-refractivity contribution in [1.29, 1.82) is 0 Å². The van der Waals surface area contributed by atoms with Gasteiger partial charge in [0.15, 0.2) is 5.65 Å². The highest BCUT2D eigenvalue weighted by Crippen LogP contribution is 2.31. The number of pyridine rings is 1. The molecule has 9 heteroatoms. The molecule has 170 valence electrons. The van der Waals surface area contributed by atoms with Gasteiger partial charge in [0.2, 0.25) is 0 Å². The monoisotopic (exact) mass is 466 g/mol. The number of carboxylic acid groups (broad SMARTS) is 1. The zero-order chi connectivity index (χ0) is 23.5. The summed E-state index contributed by atoms with van der Waals surface area (Å²) in [5, 5.41) is 9.79. The number of hydrogen-bond donors (Lipinski definition) is 2. The van der Waals surface area contributed by atoms with Gasteiger partial charge in [0, 0.05) is 32.0 Å².